The van der Waals surface area contributed by atoms with Gasteiger partial charge < -0.3 is 15.5 Å². The lowest BCUT2D eigenvalue weighted by Gasteiger charge is -2.31. The molecule has 1 aliphatic rings. The first-order chi connectivity index (χ1) is 14.5. The number of rotatable bonds is 8. The quantitative estimate of drug-likeness (QED) is 0.547. The first kappa shape index (κ1) is 22.6. The lowest BCUT2D eigenvalue weighted by Crippen LogP contribution is -2.41. The summed E-state index contributed by atoms with van der Waals surface area (Å²) in [5.41, 5.74) is 0.761. The number of carbonyl (C=O) groups is 2. The fraction of sp³-hybridized carbons (Fsp3) is 0.429. The molecule has 0 radical (unpaired) electrons. The van der Waals surface area contributed by atoms with E-state index in [-0.39, 0.29) is 23.5 Å². The normalized spacial score (nSPS) is 14.4. The van der Waals surface area contributed by atoms with Gasteiger partial charge in [-0.3, -0.25) is 9.59 Å². The summed E-state index contributed by atoms with van der Waals surface area (Å²) in [6.07, 6.45) is 2.60. The predicted octanol–water partition coefficient (Wildman–Crippen LogP) is 3.71. The van der Waals surface area contributed by atoms with Gasteiger partial charge in [-0.15, -0.1) is 10.2 Å². The van der Waals surface area contributed by atoms with Crippen LogP contribution in [0.3, 0.4) is 0 Å². The highest BCUT2D eigenvalue weighted by Gasteiger charge is 2.25. The minimum absolute atomic E-state index is 0.0832. The van der Waals surface area contributed by atoms with Gasteiger partial charge in [-0.25, -0.2) is 0 Å². The molecule has 0 unspecified atom stereocenters. The van der Waals surface area contributed by atoms with Crippen molar-refractivity contribution in [1.29, 1.82) is 0 Å². The molecule has 1 fully saturated rings. The standard InChI is InChI=1S/C21H26BrN5O2S/c1-2-11-23-21(29)15-9-12-27(13-10-15)18-7-8-20(26-25-18)30-14-19(28)24-17-5-3-16(22)4-6-17/h3-8,15H,2,9-14H2,1H3,(H,23,29)(H,24,28). The van der Waals surface area contributed by atoms with Crippen LogP contribution in [0.4, 0.5) is 11.5 Å². The number of piperidine rings is 1. The Labute approximate surface area is 189 Å². The molecule has 0 aliphatic carbocycles. The van der Waals surface area contributed by atoms with E-state index in [9.17, 15) is 9.59 Å². The molecule has 7 nitrogen and oxygen atoms in total. The third-order valence-electron chi connectivity index (χ3n) is 4.84. The highest BCUT2D eigenvalue weighted by atomic mass is 79.9. The van der Waals surface area contributed by atoms with E-state index in [1.165, 1.54) is 11.8 Å². The monoisotopic (exact) mass is 491 g/mol. The second-order valence-electron chi connectivity index (χ2n) is 7.13. The van der Waals surface area contributed by atoms with Crippen molar-refractivity contribution in [3.63, 3.8) is 0 Å². The Balaban J connectivity index is 1.43. The van der Waals surface area contributed by atoms with Crippen molar-refractivity contribution in [1.82, 2.24) is 15.5 Å². The van der Waals surface area contributed by atoms with Crippen LogP contribution in [-0.2, 0) is 9.59 Å². The molecule has 1 aromatic carbocycles. The summed E-state index contributed by atoms with van der Waals surface area (Å²) in [6, 6.07) is 11.3. The summed E-state index contributed by atoms with van der Waals surface area (Å²) in [4.78, 5) is 26.4. The number of nitrogens with one attached hydrogen (secondary N) is 2. The summed E-state index contributed by atoms with van der Waals surface area (Å²) in [5.74, 6) is 1.24. The Morgan fingerprint density at radius 1 is 1.13 bits per heavy atom. The van der Waals surface area contributed by atoms with E-state index in [1.54, 1.807) is 0 Å². The molecule has 0 bridgehead atoms. The minimum Gasteiger partial charge on any atom is -0.356 e. The van der Waals surface area contributed by atoms with Crippen molar-refractivity contribution >= 4 is 51.0 Å². The highest BCUT2D eigenvalue weighted by molar-refractivity contribution is 9.10. The maximum atomic E-state index is 12.1. The zero-order chi connectivity index (χ0) is 21.3. The van der Waals surface area contributed by atoms with Gasteiger partial charge in [-0.05, 0) is 55.7 Å². The predicted molar refractivity (Wildman–Crippen MR) is 124 cm³/mol. The average Bonchev–Trinajstić information content (AvgIpc) is 2.78. The largest absolute Gasteiger partial charge is 0.356 e. The van der Waals surface area contributed by atoms with E-state index in [2.05, 4.69) is 48.6 Å². The summed E-state index contributed by atoms with van der Waals surface area (Å²) in [5, 5.41) is 15.1. The molecule has 2 N–H and O–H groups in total. The zero-order valence-corrected chi connectivity index (χ0v) is 19.3. The van der Waals surface area contributed by atoms with Gasteiger partial charge in [0.1, 0.15) is 5.03 Å². The van der Waals surface area contributed by atoms with Crippen LogP contribution in [0.1, 0.15) is 26.2 Å². The van der Waals surface area contributed by atoms with Gasteiger partial charge in [-0.1, -0.05) is 34.6 Å². The van der Waals surface area contributed by atoms with Gasteiger partial charge >= 0.3 is 0 Å². The van der Waals surface area contributed by atoms with Gasteiger partial charge in [0, 0.05) is 35.7 Å². The Bertz CT molecular complexity index is 839. The maximum Gasteiger partial charge on any atom is 0.234 e. The molecule has 30 heavy (non-hydrogen) atoms. The third-order valence-corrected chi connectivity index (χ3v) is 6.29. The second-order valence-corrected chi connectivity index (χ2v) is 9.04. The van der Waals surface area contributed by atoms with Gasteiger partial charge in [0.15, 0.2) is 5.82 Å². The molecule has 0 spiro atoms. The van der Waals surface area contributed by atoms with Crippen molar-refractivity contribution < 1.29 is 9.59 Å². The summed E-state index contributed by atoms with van der Waals surface area (Å²) in [6.45, 7) is 4.38. The molecule has 2 aromatic rings. The molecule has 0 atom stereocenters. The number of amides is 2. The summed E-state index contributed by atoms with van der Waals surface area (Å²) < 4.78 is 0.967. The summed E-state index contributed by atoms with van der Waals surface area (Å²) >= 11 is 4.72. The SMILES string of the molecule is CCCNC(=O)C1CCN(c2ccc(SCC(=O)Nc3ccc(Br)cc3)nn2)CC1. The fourth-order valence-corrected chi connectivity index (χ4v) is 4.07. The number of hydrogen-bond donors (Lipinski definition) is 2. The molecule has 1 saturated heterocycles. The Morgan fingerprint density at radius 2 is 1.87 bits per heavy atom. The first-order valence-electron chi connectivity index (χ1n) is 10.1. The summed E-state index contributed by atoms with van der Waals surface area (Å²) in [7, 11) is 0. The Hall–Kier alpha value is -2.13. The molecule has 9 heteroatoms. The van der Waals surface area contributed by atoms with Crippen molar-refractivity contribution in [2.45, 2.75) is 31.2 Å². The van der Waals surface area contributed by atoms with Crippen molar-refractivity contribution in [2.24, 2.45) is 5.92 Å². The number of nitrogens with zero attached hydrogens (tertiary/aromatic N) is 3. The number of aromatic nitrogens is 2. The van der Waals surface area contributed by atoms with Crippen LogP contribution in [0.2, 0.25) is 0 Å². The number of anilines is 2. The van der Waals surface area contributed by atoms with Gasteiger partial charge in [0.2, 0.25) is 11.8 Å². The van der Waals surface area contributed by atoms with Crippen molar-refractivity contribution in [3.8, 4) is 0 Å². The molecular formula is C21H26BrN5O2S. The molecule has 2 heterocycles. The highest BCUT2D eigenvalue weighted by Crippen LogP contribution is 2.23. The zero-order valence-electron chi connectivity index (χ0n) is 16.9. The molecule has 1 aliphatic heterocycles. The van der Waals surface area contributed by atoms with Crippen LogP contribution in [0, 0.1) is 5.92 Å². The Kier molecular flexibility index (Phi) is 8.50. The maximum absolute atomic E-state index is 12.1. The van der Waals surface area contributed by atoms with Crippen LogP contribution in [0.15, 0.2) is 45.9 Å². The minimum atomic E-state index is -0.0865. The lowest BCUT2D eigenvalue weighted by atomic mass is 9.96. The molecule has 160 valence electrons. The van der Waals surface area contributed by atoms with Gasteiger partial charge in [0.05, 0.1) is 5.75 Å². The smallest absolute Gasteiger partial charge is 0.234 e. The van der Waals surface area contributed by atoms with Crippen LogP contribution < -0.4 is 15.5 Å². The van der Waals surface area contributed by atoms with E-state index < -0.39 is 0 Å². The number of benzene rings is 1. The number of hydrogen-bond acceptors (Lipinski definition) is 6. The number of halogens is 1. The van der Waals surface area contributed by atoms with Gasteiger partial charge in [-0.2, -0.15) is 0 Å². The lowest BCUT2D eigenvalue weighted by molar-refractivity contribution is -0.125. The number of thioether (sulfide) groups is 1. The molecular weight excluding hydrogens is 466 g/mol. The molecule has 3 rings (SSSR count). The van der Waals surface area contributed by atoms with Crippen LogP contribution in [0.5, 0.6) is 0 Å². The van der Waals surface area contributed by atoms with Crippen LogP contribution >= 0.6 is 27.7 Å². The van der Waals surface area contributed by atoms with Crippen molar-refractivity contribution in [3.05, 3.63) is 40.9 Å². The van der Waals surface area contributed by atoms with Crippen LogP contribution in [-0.4, -0.2) is 47.4 Å². The van der Waals surface area contributed by atoms with Crippen LogP contribution in [0.25, 0.3) is 0 Å². The second kappa shape index (κ2) is 11.3. The van der Waals surface area contributed by atoms with E-state index in [0.29, 0.717) is 5.03 Å². The third kappa shape index (κ3) is 6.70. The molecule has 2 amide bonds. The van der Waals surface area contributed by atoms with E-state index >= 15 is 0 Å². The van der Waals surface area contributed by atoms with E-state index in [4.69, 9.17) is 0 Å². The van der Waals surface area contributed by atoms with E-state index in [1.807, 2.05) is 36.4 Å². The molecule has 0 saturated carbocycles. The fourth-order valence-electron chi connectivity index (χ4n) is 3.19. The topological polar surface area (TPSA) is 87.2 Å². The van der Waals surface area contributed by atoms with Crippen molar-refractivity contribution in [2.75, 3.05) is 35.6 Å². The average molecular weight is 492 g/mol. The Morgan fingerprint density at radius 3 is 2.50 bits per heavy atom. The van der Waals surface area contributed by atoms with Gasteiger partial charge in [0.25, 0.3) is 0 Å². The van der Waals surface area contributed by atoms with E-state index in [0.717, 1.165) is 54.9 Å². The first-order valence-corrected chi connectivity index (χ1v) is 11.9. The molecule has 1 aromatic heterocycles. The number of carbonyl (C=O) groups excluding carboxylic acids is 2.